The van der Waals surface area contributed by atoms with Gasteiger partial charge in [0.2, 0.25) is 0 Å². The number of nitrogens with one attached hydrogen (secondary N) is 1. The molecule has 0 fully saturated rings. The van der Waals surface area contributed by atoms with Crippen molar-refractivity contribution in [3.8, 4) is 0 Å². The van der Waals surface area contributed by atoms with E-state index in [0.29, 0.717) is 22.1 Å². The highest BCUT2D eigenvalue weighted by Crippen LogP contribution is 2.24. The average Bonchev–Trinajstić information content (AvgIpc) is 2.35. The van der Waals surface area contributed by atoms with Crippen LogP contribution in [0.25, 0.3) is 0 Å². The Labute approximate surface area is 133 Å². The van der Waals surface area contributed by atoms with Crippen LogP contribution in [0.3, 0.4) is 0 Å². The lowest BCUT2D eigenvalue weighted by Gasteiger charge is -2.23. The summed E-state index contributed by atoms with van der Waals surface area (Å²) < 4.78 is 0.639. The van der Waals surface area contributed by atoms with Crippen LogP contribution in [0.15, 0.2) is 22.7 Å². The Morgan fingerprint density at radius 2 is 2.00 bits per heavy atom. The van der Waals surface area contributed by atoms with Crippen LogP contribution in [-0.4, -0.2) is 23.5 Å². The highest BCUT2D eigenvalue weighted by Gasteiger charge is 2.25. The van der Waals surface area contributed by atoms with Crippen molar-refractivity contribution in [1.29, 1.82) is 0 Å². The number of rotatable bonds is 5. The molecule has 0 aliphatic carbocycles. The Hall–Kier alpha value is -1.56. The van der Waals surface area contributed by atoms with Gasteiger partial charge in [-0.15, -0.1) is 0 Å². The number of hydrogen-bond acceptors (Lipinski definition) is 3. The molecule has 0 heterocycles. The molecule has 1 amide bonds. The number of benzene rings is 1. The number of halogens is 1. The standard InChI is InChI=1S/C15H21BrN2O3/c1-15(2,3)7-10(14(20)21)8-18-13(19)9-4-5-12(17)11(16)6-9/h4-6,10H,7-8,17H2,1-3H3,(H,18,19)(H,20,21). The third kappa shape index (κ3) is 5.75. The fourth-order valence-corrected chi connectivity index (χ4v) is 2.35. The highest BCUT2D eigenvalue weighted by atomic mass is 79.9. The van der Waals surface area contributed by atoms with Crippen LogP contribution in [0.5, 0.6) is 0 Å². The molecule has 0 aliphatic heterocycles. The van der Waals surface area contributed by atoms with Crippen molar-refractivity contribution < 1.29 is 14.7 Å². The van der Waals surface area contributed by atoms with Crippen molar-refractivity contribution in [1.82, 2.24) is 5.32 Å². The molecular weight excluding hydrogens is 336 g/mol. The van der Waals surface area contributed by atoms with Crippen molar-refractivity contribution in [2.75, 3.05) is 12.3 Å². The summed E-state index contributed by atoms with van der Waals surface area (Å²) in [6, 6.07) is 4.85. The van der Waals surface area contributed by atoms with Crippen LogP contribution in [0, 0.1) is 11.3 Å². The molecular formula is C15H21BrN2O3. The molecule has 5 nitrogen and oxygen atoms in total. The van der Waals surface area contributed by atoms with E-state index in [0.717, 1.165) is 0 Å². The predicted molar refractivity (Wildman–Crippen MR) is 86.1 cm³/mol. The Kier molecular flexibility index (Phi) is 5.78. The van der Waals surface area contributed by atoms with Gasteiger partial charge in [-0.1, -0.05) is 20.8 Å². The van der Waals surface area contributed by atoms with Gasteiger partial charge in [0.05, 0.1) is 5.92 Å². The third-order valence-corrected chi connectivity index (χ3v) is 3.67. The molecule has 1 rings (SSSR count). The van der Waals surface area contributed by atoms with E-state index in [1.165, 1.54) is 0 Å². The third-order valence-electron chi connectivity index (χ3n) is 2.98. The zero-order valence-corrected chi connectivity index (χ0v) is 14.0. The van der Waals surface area contributed by atoms with Gasteiger partial charge in [-0.25, -0.2) is 0 Å². The number of amides is 1. The van der Waals surface area contributed by atoms with Crippen molar-refractivity contribution in [2.45, 2.75) is 27.2 Å². The number of hydrogen-bond donors (Lipinski definition) is 3. The Balaban J connectivity index is 2.69. The first kappa shape index (κ1) is 17.5. The largest absolute Gasteiger partial charge is 0.481 e. The molecule has 4 N–H and O–H groups in total. The van der Waals surface area contributed by atoms with Crippen LogP contribution < -0.4 is 11.1 Å². The highest BCUT2D eigenvalue weighted by molar-refractivity contribution is 9.10. The number of nitrogens with two attached hydrogens (primary N) is 1. The quantitative estimate of drug-likeness (QED) is 0.707. The summed E-state index contributed by atoms with van der Waals surface area (Å²) in [6.07, 6.45) is 0.494. The lowest BCUT2D eigenvalue weighted by molar-refractivity contribution is -0.142. The monoisotopic (exact) mass is 356 g/mol. The van der Waals surface area contributed by atoms with Crippen molar-refractivity contribution in [3.05, 3.63) is 28.2 Å². The van der Waals surface area contributed by atoms with Crippen LogP contribution in [0.4, 0.5) is 5.69 Å². The normalized spacial score (nSPS) is 12.8. The molecule has 0 radical (unpaired) electrons. The second-order valence-electron chi connectivity index (χ2n) is 6.25. The number of aliphatic carboxylic acids is 1. The molecule has 0 saturated heterocycles. The second-order valence-corrected chi connectivity index (χ2v) is 7.10. The minimum absolute atomic E-state index is 0.105. The zero-order chi connectivity index (χ0) is 16.2. The van der Waals surface area contributed by atoms with Gasteiger partial charge < -0.3 is 16.2 Å². The Morgan fingerprint density at radius 3 is 2.48 bits per heavy atom. The van der Waals surface area contributed by atoms with E-state index in [-0.39, 0.29) is 17.9 Å². The molecule has 0 saturated carbocycles. The summed E-state index contributed by atoms with van der Waals surface area (Å²) in [5.74, 6) is -1.81. The number of carbonyl (C=O) groups excluding carboxylic acids is 1. The summed E-state index contributed by atoms with van der Waals surface area (Å²) in [7, 11) is 0. The predicted octanol–water partition coefficient (Wildman–Crippen LogP) is 2.90. The van der Waals surface area contributed by atoms with Gasteiger partial charge in [-0.2, -0.15) is 0 Å². The lowest BCUT2D eigenvalue weighted by Crippen LogP contribution is -2.35. The molecule has 0 bridgehead atoms. The van der Waals surface area contributed by atoms with Crippen LogP contribution in [0.1, 0.15) is 37.6 Å². The second kappa shape index (κ2) is 6.93. The maximum atomic E-state index is 12.0. The summed E-state index contributed by atoms with van der Waals surface area (Å²) in [5, 5.41) is 11.9. The number of anilines is 1. The van der Waals surface area contributed by atoms with Gasteiger partial charge in [0, 0.05) is 22.3 Å². The Bertz CT molecular complexity index is 538. The van der Waals surface area contributed by atoms with Gasteiger partial charge in [0.25, 0.3) is 5.91 Å². The Morgan fingerprint density at radius 1 is 1.38 bits per heavy atom. The molecule has 1 aromatic rings. The molecule has 21 heavy (non-hydrogen) atoms. The van der Waals surface area contributed by atoms with Crippen LogP contribution in [0.2, 0.25) is 0 Å². The number of carboxylic acids is 1. The van der Waals surface area contributed by atoms with E-state index in [2.05, 4.69) is 21.2 Å². The minimum atomic E-state index is -0.899. The fraction of sp³-hybridized carbons (Fsp3) is 0.467. The molecule has 0 aromatic heterocycles. The molecule has 116 valence electrons. The van der Waals surface area contributed by atoms with Gasteiger partial charge >= 0.3 is 5.97 Å². The number of carboxylic acid groups (broad SMARTS) is 1. The van der Waals surface area contributed by atoms with E-state index in [4.69, 9.17) is 5.73 Å². The summed E-state index contributed by atoms with van der Waals surface area (Å²) >= 11 is 3.26. The molecule has 1 atom stereocenters. The molecule has 0 aliphatic rings. The topological polar surface area (TPSA) is 92.4 Å². The first-order valence-electron chi connectivity index (χ1n) is 6.66. The smallest absolute Gasteiger partial charge is 0.308 e. The number of nitrogen functional groups attached to an aromatic ring is 1. The zero-order valence-electron chi connectivity index (χ0n) is 12.4. The lowest BCUT2D eigenvalue weighted by atomic mass is 9.84. The van der Waals surface area contributed by atoms with Crippen LogP contribution in [-0.2, 0) is 4.79 Å². The summed E-state index contributed by atoms with van der Waals surface area (Å²) in [4.78, 5) is 23.3. The molecule has 1 aromatic carbocycles. The first-order chi connectivity index (χ1) is 9.60. The fourth-order valence-electron chi connectivity index (χ4n) is 1.97. The van der Waals surface area contributed by atoms with Gasteiger partial charge in [-0.3, -0.25) is 9.59 Å². The van der Waals surface area contributed by atoms with Crippen LogP contribution >= 0.6 is 15.9 Å². The molecule has 0 spiro atoms. The number of carbonyl (C=O) groups is 2. The molecule has 1 unspecified atom stereocenters. The molecule has 6 heteroatoms. The van der Waals surface area contributed by atoms with Crippen molar-refractivity contribution >= 4 is 33.5 Å². The average molecular weight is 357 g/mol. The van der Waals surface area contributed by atoms with E-state index in [1.54, 1.807) is 18.2 Å². The maximum Gasteiger partial charge on any atom is 0.308 e. The van der Waals surface area contributed by atoms with E-state index in [9.17, 15) is 14.7 Å². The first-order valence-corrected chi connectivity index (χ1v) is 7.45. The van der Waals surface area contributed by atoms with E-state index >= 15 is 0 Å². The van der Waals surface area contributed by atoms with E-state index in [1.807, 2.05) is 20.8 Å². The van der Waals surface area contributed by atoms with Crippen molar-refractivity contribution in [2.24, 2.45) is 11.3 Å². The summed E-state index contributed by atoms with van der Waals surface area (Å²) in [6.45, 7) is 6.03. The van der Waals surface area contributed by atoms with Crippen molar-refractivity contribution in [3.63, 3.8) is 0 Å². The summed E-state index contributed by atoms with van der Waals surface area (Å²) in [5.41, 5.74) is 6.54. The van der Waals surface area contributed by atoms with Gasteiger partial charge in [0.1, 0.15) is 0 Å². The van der Waals surface area contributed by atoms with E-state index < -0.39 is 11.9 Å². The maximum absolute atomic E-state index is 12.0. The minimum Gasteiger partial charge on any atom is -0.481 e. The SMILES string of the molecule is CC(C)(C)CC(CNC(=O)c1ccc(N)c(Br)c1)C(=O)O. The van der Waals surface area contributed by atoms with Gasteiger partial charge in [-0.05, 0) is 46.0 Å². The van der Waals surface area contributed by atoms with Gasteiger partial charge in [0.15, 0.2) is 0 Å².